The van der Waals surface area contributed by atoms with Crippen LogP contribution in [0.15, 0.2) is 32.7 Å². The average Bonchev–Trinajstić information content (AvgIpc) is 2.63. The molecule has 2 rings (SSSR count). The van der Waals surface area contributed by atoms with Crippen molar-refractivity contribution in [3.8, 4) is 0 Å². The van der Waals surface area contributed by atoms with Crippen LogP contribution in [-0.2, 0) is 14.9 Å². The molecule has 1 aromatic rings. The van der Waals surface area contributed by atoms with Gasteiger partial charge in [-0.1, -0.05) is 0 Å². The number of nitrogens with zero attached hydrogens (tertiary/aromatic N) is 2. The number of anilines is 1. The van der Waals surface area contributed by atoms with Crippen LogP contribution in [0.25, 0.3) is 0 Å². The lowest BCUT2D eigenvalue weighted by Crippen LogP contribution is -2.20. The second-order valence-electron chi connectivity index (χ2n) is 3.30. The van der Waals surface area contributed by atoms with Gasteiger partial charge in [0.25, 0.3) is 16.0 Å². The van der Waals surface area contributed by atoms with Crippen LogP contribution < -0.4 is 5.01 Å². The quantitative estimate of drug-likeness (QED) is 0.835. The molecule has 1 aliphatic rings. The number of hydrogen-bond acceptors (Lipinski definition) is 4. The molecule has 0 spiro atoms. The molecule has 0 radical (unpaired) electrons. The van der Waals surface area contributed by atoms with Gasteiger partial charge in [0.2, 0.25) is 0 Å². The molecule has 1 N–H and O–H groups in total. The number of rotatable bonds is 2. The zero-order valence-corrected chi connectivity index (χ0v) is 10.8. The highest BCUT2D eigenvalue weighted by Gasteiger charge is 2.22. The van der Waals surface area contributed by atoms with Gasteiger partial charge < -0.3 is 0 Å². The van der Waals surface area contributed by atoms with Crippen molar-refractivity contribution in [2.75, 3.05) is 5.01 Å². The lowest BCUT2D eigenvalue weighted by Gasteiger charge is -2.14. The number of amides is 1. The summed E-state index contributed by atoms with van der Waals surface area (Å²) < 4.78 is 31.0. The third kappa shape index (κ3) is 2.38. The Bertz CT molecular complexity index is 611. The van der Waals surface area contributed by atoms with E-state index in [2.05, 4.69) is 21.0 Å². The van der Waals surface area contributed by atoms with Gasteiger partial charge in [0.05, 0.1) is 17.0 Å². The van der Waals surface area contributed by atoms with Crippen molar-refractivity contribution in [2.24, 2.45) is 5.10 Å². The summed E-state index contributed by atoms with van der Waals surface area (Å²) in [5, 5.41) is 5.02. The Kier molecular flexibility index (Phi) is 3.02. The maximum Gasteiger partial charge on any atom is 0.294 e. The summed E-state index contributed by atoms with van der Waals surface area (Å²) in [6.07, 6.45) is 1.68. The largest absolute Gasteiger partial charge is 0.294 e. The van der Waals surface area contributed by atoms with Gasteiger partial charge in [-0.05, 0) is 34.1 Å². The first-order valence-electron chi connectivity index (χ1n) is 4.52. The summed E-state index contributed by atoms with van der Waals surface area (Å²) in [5.74, 6) is -0.203. The van der Waals surface area contributed by atoms with E-state index in [9.17, 15) is 13.2 Å². The standard InChI is InChI=1S/C9H7BrN2O4S/c10-7-5-6(17(14,15)16)1-2-8(7)12-9(13)3-4-11-12/h1-2,4-5H,3H2,(H,14,15,16). The Morgan fingerprint density at radius 1 is 1.41 bits per heavy atom. The Balaban J connectivity index is 2.46. The minimum absolute atomic E-state index is 0.203. The van der Waals surface area contributed by atoms with E-state index < -0.39 is 10.1 Å². The molecule has 0 aliphatic carbocycles. The van der Waals surface area contributed by atoms with E-state index in [4.69, 9.17) is 4.55 Å². The van der Waals surface area contributed by atoms with Crippen molar-refractivity contribution in [3.63, 3.8) is 0 Å². The van der Waals surface area contributed by atoms with E-state index in [1.165, 1.54) is 24.4 Å². The van der Waals surface area contributed by atoms with E-state index in [1.54, 1.807) is 0 Å². The van der Waals surface area contributed by atoms with Crippen LogP contribution in [0, 0.1) is 0 Å². The molecule has 0 bridgehead atoms. The minimum atomic E-state index is -4.25. The summed E-state index contributed by atoms with van der Waals surface area (Å²) in [6, 6.07) is 3.82. The molecule has 17 heavy (non-hydrogen) atoms. The number of carbonyl (C=O) groups excluding carboxylic acids is 1. The van der Waals surface area contributed by atoms with Crippen LogP contribution in [0.4, 0.5) is 5.69 Å². The first-order valence-corrected chi connectivity index (χ1v) is 6.75. The van der Waals surface area contributed by atoms with Crippen LogP contribution in [0.1, 0.15) is 6.42 Å². The van der Waals surface area contributed by atoms with Gasteiger partial charge in [0, 0.05) is 10.7 Å². The number of halogens is 1. The average molecular weight is 319 g/mol. The van der Waals surface area contributed by atoms with Gasteiger partial charge in [-0.2, -0.15) is 18.5 Å². The zero-order valence-electron chi connectivity index (χ0n) is 8.37. The van der Waals surface area contributed by atoms with E-state index in [0.717, 1.165) is 5.01 Å². The third-order valence-corrected chi connectivity index (χ3v) is 3.63. The SMILES string of the molecule is O=C1CC=NN1c1ccc(S(=O)(=O)O)cc1Br. The maximum atomic E-state index is 11.4. The molecule has 0 aromatic heterocycles. The van der Waals surface area contributed by atoms with Crippen LogP contribution in [0.2, 0.25) is 0 Å². The predicted octanol–water partition coefficient (Wildman–Crippen LogP) is 1.42. The van der Waals surface area contributed by atoms with E-state index in [-0.39, 0.29) is 17.2 Å². The second kappa shape index (κ2) is 4.21. The molecule has 90 valence electrons. The fourth-order valence-corrected chi connectivity index (χ4v) is 2.57. The summed E-state index contributed by atoms with van der Waals surface area (Å²) in [4.78, 5) is 11.2. The minimum Gasteiger partial charge on any atom is -0.282 e. The van der Waals surface area contributed by atoms with Crippen LogP contribution in [0.5, 0.6) is 0 Å². The number of hydrogen-bond donors (Lipinski definition) is 1. The monoisotopic (exact) mass is 318 g/mol. The summed E-state index contributed by atoms with van der Waals surface area (Å²) in [6.45, 7) is 0. The smallest absolute Gasteiger partial charge is 0.282 e. The van der Waals surface area contributed by atoms with E-state index in [0.29, 0.717) is 10.2 Å². The predicted molar refractivity (Wildman–Crippen MR) is 64.6 cm³/mol. The molecular formula is C9H7BrN2O4S. The van der Waals surface area contributed by atoms with Crippen LogP contribution >= 0.6 is 15.9 Å². The molecule has 1 aromatic carbocycles. The van der Waals surface area contributed by atoms with Gasteiger partial charge in [0.1, 0.15) is 0 Å². The molecule has 0 saturated carbocycles. The molecule has 8 heteroatoms. The van der Waals surface area contributed by atoms with Crippen LogP contribution in [0.3, 0.4) is 0 Å². The second-order valence-corrected chi connectivity index (χ2v) is 5.57. The van der Waals surface area contributed by atoms with Crippen molar-refractivity contribution in [2.45, 2.75) is 11.3 Å². The normalized spacial score (nSPS) is 15.6. The molecule has 6 nitrogen and oxygen atoms in total. The molecular weight excluding hydrogens is 312 g/mol. The maximum absolute atomic E-state index is 11.4. The van der Waals surface area contributed by atoms with Crippen molar-refractivity contribution in [1.29, 1.82) is 0 Å². The molecule has 0 fully saturated rings. The van der Waals surface area contributed by atoms with E-state index in [1.807, 2.05) is 0 Å². The topological polar surface area (TPSA) is 87.0 Å². The van der Waals surface area contributed by atoms with Crippen molar-refractivity contribution < 1.29 is 17.8 Å². The number of benzene rings is 1. The Morgan fingerprint density at radius 3 is 2.59 bits per heavy atom. The van der Waals surface area contributed by atoms with Gasteiger partial charge in [-0.15, -0.1) is 0 Å². The fraction of sp³-hybridized carbons (Fsp3) is 0.111. The summed E-state index contributed by atoms with van der Waals surface area (Å²) in [5.41, 5.74) is 0.427. The Labute approximate surface area is 106 Å². The molecule has 1 aliphatic heterocycles. The first kappa shape index (κ1) is 12.2. The van der Waals surface area contributed by atoms with Gasteiger partial charge in [-0.25, -0.2) is 0 Å². The third-order valence-electron chi connectivity index (χ3n) is 2.14. The summed E-state index contributed by atoms with van der Waals surface area (Å²) in [7, 11) is -4.25. The zero-order chi connectivity index (χ0) is 12.6. The van der Waals surface area contributed by atoms with Crippen molar-refractivity contribution >= 4 is 43.9 Å². The highest BCUT2D eigenvalue weighted by atomic mass is 79.9. The fourth-order valence-electron chi connectivity index (χ4n) is 1.37. The molecule has 1 amide bonds. The van der Waals surface area contributed by atoms with Crippen LogP contribution in [-0.4, -0.2) is 25.1 Å². The lowest BCUT2D eigenvalue weighted by molar-refractivity contribution is -0.116. The number of carbonyl (C=O) groups is 1. The lowest BCUT2D eigenvalue weighted by atomic mass is 10.3. The number of hydrazone groups is 1. The molecule has 0 saturated heterocycles. The van der Waals surface area contributed by atoms with Crippen molar-refractivity contribution in [1.82, 2.24) is 0 Å². The highest BCUT2D eigenvalue weighted by molar-refractivity contribution is 9.10. The Morgan fingerprint density at radius 2 is 2.12 bits per heavy atom. The summed E-state index contributed by atoms with van der Waals surface area (Å²) >= 11 is 3.13. The highest BCUT2D eigenvalue weighted by Crippen LogP contribution is 2.30. The van der Waals surface area contributed by atoms with Gasteiger partial charge in [0.15, 0.2) is 0 Å². The van der Waals surface area contributed by atoms with Crippen molar-refractivity contribution in [3.05, 3.63) is 22.7 Å². The molecule has 0 atom stereocenters. The van der Waals surface area contributed by atoms with Gasteiger partial charge >= 0.3 is 0 Å². The Hall–Kier alpha value is -1.25. The molecule has 1 heterocycles. The first-order chi connectivity index (χ1) is 7.89. The molecule has 0 unspecified atom stereocenters. The van der Waals surface area contributed by atoms with Gasteiger partial charge in [-0.3, -0.25) is 9.35 Å². The van der Waals surface area contributed by atoms with E-state index >= 15 is 0 Å².